The third-order valence-corrected chi connectivity index (χ3v) is 4.49. The van der Waals surface area contributed by atoms with Crippen molar-refractivity contribution in [2.75, 3.05) is 6.54 Å². The number of hydrogen-bond donors (Lipinski definition) is 2. The van der Waals surface area contributed by atoms with Gasteiger partial charge in [0.1, 0.15) is 5.82 Å². The molecule has 0 saturated heterocycles. The predicted molar refractivity (Wildman–Crippen MR) is 72.1 cm³/mol. The number of hydrogen-bond acceptors (Lipinski definition) is 3. The van der Waals surface area contributed by atoms with Crippen molar-refractivity contribution in [2.24, 2.45) is 17.0 Å². The minimum atomic E-state index is -3.97. The fourth-order valence-electron chi connectivity index (χ4n) is 2.07. The second kappa shape index (κ2) is 5.14. The van der Waals surface area contributed by atoms with Crippen LogP contribution in [0.15, 0.2) is 17.0 Å². The number of carbonyl (C=O) groups is 1. The van der Waals surface area contributed by atoms with Crippen LogP contribution in [0.5, 0.6) is 0 Å². The van der Waals surface area contributed by atoms with Crippen LogP contribution in [-0.2, 0) is 10.0 Å². The number of sulfonamides is 1. The second-order valence-corrected chi connectivity index (χ2v) is 6.89. The number of primary sulfonamides is 1. The Morgan fingerprint density at radius 2 is 2.10 bits per heavy atom. The maximum Gasteiger partial charge on any atom is 0.254 e. The molecule has 1 aromatic rings. The van der Waals surface area contributed by atoms with E-state index in [4.69, 9.17) is 5.14 Å². The zero-order valence-electron chi connectivity index (χ0n) is 11.3. The first-order chi connectivity index (χ1) is 9.20. The minimum absolute atomic E-state index is 0.0708. The molecule has 0 bridgehead atoms. The maximum absolute atomic E-state index is 13.9. The molecule has 110 valence electrons. The molecule has 1 fully saturated rings. The summed E-state index contributed by atoms with van der Waals surface area (Å²) < 4.78 is 36.6. The van der Waals surface area contributed by atoms with Gasteiger partial charge in [-0.15, -0.1) is 0 Å². The summed E-state index contributed by atoms with van der Waals surface area (Å²) in [6.45, 7) is 3.94. The number of amides is 1. The van der Waals surface area contributed by atoms with Gasteiger partial charge < -0.3 is 5.32 Å². The Labute approximate surface area is 117 Å². The highest BCUT2D eigenvalue weighted by atomic mass is 32.2. The molecule has 1 aliphatic carbocycles. The molecule has 7 heteroatoms. The van der Waals surface area contributed by atoms with E-state index in [1.165, 1.54) is 6.92 Å². The molecule has 3 N–H and O–H groups in total. The Balaban J connectivity index is 2.25. The lowest BCUT2D eigenvalue weighted by Crippen LogP contribution is -2.27. The minimum Gasteiger partial charge on any atom is -0.352 e. The lowest BCUT2D eigenvalue weighted by molar-refractivity contribution is 0.0947. The lowest BCUT2D eigenvalue weighted by atomic mass is 10.1. The molecule has 2 atom stereocenters. The molecule has 2 unspecified atom stereocenters. The second-order valence-electron chi connectivity index (χ2n) is 5.33. The van der Waals surface area contributed by atoms with E-state index >= 15 is 0 Å². The molecular weight excluding hydrogens is 283 g/mol. The van der Waals surface area contributed by atoms with Crippen molar-refractivity contribution in [1.29, 1.82) is 0 Å². The van der Waals surface area contributed by atoms with Gasteiger partial charge in [0.2, 0.25) is 10.0 Å². The molecule has 0 aromatic heterocycles. The van der Waals surface area contributed by atoms with E-state index in [1.807, 2.05) is 0 Å². The van der Waals surface area contributed by atoms with E-state index in [-0.39, 0.29) is 16.0 Å². The zero-order chi connectivity index (χ0) is 15.1. The monoisotopic (exact) mass is 300 g/mol. The van der Waals surface area contributed by atoms with Crippen LogP contribution in [-0.4, -0.2) is 20.9 Å². The first-order valence-electron chi connectivity index (χ1n) is 6.31. The van der Waals surface area contributed by atoms with Gasteiger partial charge in [-0.1, -0.05) is 6.92 Å². The number of carbonyl (C=O) groups excluding carboxylic acids is 1. The van der Waals surface area contributed by atoms with Gasteiger partial charge in [0.05, 0.1) is 10.5 Å². The van der Waals surface area contributed by atoms with Gasteiger partial charge in [0.15, 0.2) is 0 Å². The van der Waals surface area contributed by atoms with Crippen LogP contribution in [0.2, 0.25) is 0 Å². The number of aryl methyl sites for hydroxylation is 1. The van der Waals surface area contributed by atoms with E-state index in [1.54, 1.807) is 0 Å². The van der Waals surface area contributed by atoms with Crippen LogP contribution >= 0.6 is 0 Å². The zero-order valence-corrected chi connectivity index (χ0v) is 12.1. The molecule has 1 aromatic carbocycles. The van der Waals surface area contributed by atoms with E-state index in [9.17, 15) is 17.6 Å². The lowest BCUT2D eigenvalue weighted by Gasteiger charge is -2.09. The molecule has 1 aliphatic rings. The average Bonchev–Trinajstić information content (AvgIpc) is 3.04. The Kier molecular flexibility index (Phi) is 3.84. The standard InChI is InChI=1S/C13H17FN2O3S/c1-7-3-9(7)6-16-13(17)11-5-10(20(15,18)19)4-8(2)12(11)14/h4-5,7,9H,3,6H2,1-2H3,(H,16,17)(H2,15,18,19). The fourth-order valence-corrected chi connectivity index (χ4v) is 2.69. The third-order valence-electron chi connectivity index (χ3n) is 3.60. The van der Waals surface area contributed by atoms with Crippen LogP contribution in [0.25, 0.3) is 0 Å². The van der Waals surface area contributed by atoms with E-state index in [2.05, 4.69) is 12.2 Å². The molecule has 20 heavy (non-hydrogen) atoms. The molecule has 1 amide bonds. The highest BCUT2D eigenvalue weighted by molar-refractivity contribution is 7.89. The Morgan fingerprint density at radius 1 is 1.50 bits per heavy atom. The topological polar surface area (TPSA) is 89.3 Å². The van der Waals surface area contributed by atoms with E-state index in [0.717, 1.165) is 18.6 Å². The van der Waals surface area contributed by atoms with Crippen molar-refractivity contribution in [3.05, 3.63) is 29.1 Å². The summed E-state index contributed by atoms with van der Waals surface area (Å²) in [5.41, 5.74) is -0.219. The summed E-state index contributed by atoms with van der Waals surface area (Å²) in [5.74, 6) is -0.351. The van der Waals surface area contributed by atoms with Crippen LogP contribution < -0.4 is 10.5 Å². The molecular formula is C13H17FN2O3S. The van der Waals surface area contributed by atoms with Crippen molar-refractivity contribution in [1.82, 2.24) is 5.32 Å². The highest BCUT2D eigenvalue weighted by Crippen LogP contribution is 2.36. The fraction of sp³-hybridized carbons (Fsp3) is 0.462. The van der Waals surface area contributed by atoms with Crippen LogP contribution in [0, 0.1) is 24.6 Å². The number of benzene rings is 1. The predicted octanol–water partition coefficient (Wildman–Crippen LogP) is 1.17. The maximum atomic E-state index is 13.9. The first-order valence-corrected chi connectivity index (χ1v) is 7.86. The van der Waals surface area contributed by atoms with Gasteiger partial charge >= 0.3 is 0 Å². The normalized spacial score (nSPS) is 21.6. The molecule has 1 saturated carbocycles. The quantitative estimate of drug-likeness (QED) is 0.874. The van der Waals surface area contributed by atoms with Crippen molar-refractivity contribution >= 4 is 15.9 Å². The van der Waals surface area contributed by atoms with Gasteiger partial charge in [0, 0.05) is 6.54 Å². The summed E-state index contributed by atoms with van der Waals surface area (Å²) in [6.07, 6.45) is 1.04. The number of halogens is 1. The molecule has 0 radical (unpaired) electrons. The molecule has 0 aliphatic heterocycles. The van der Waals surface area contributed by atoms with Crippen LogP contribution in [0.3, 0.4) is 0 Å². The number of nitrogens with two attached hydrogens (primary N) is 1. The van der Waals surface area contributed by atoms with Crippen LogP contribution in [0.1, 0.15) is 29.3 Å². The summed E-state index contributed by atoms with van der Waals surface area (Å²) in [5, 5.41) is 7.64. The van der Waals surface area contributed by atoms with Gasteiger partial charge in [0.25, 0.3) is 5.91 Å². The summed E-state index contributed by atoms with van der Waals surface area (Å²) in [4.78, 5) is 11.7. The third kappa shape index (κ3) is 3.16. The van der Waals surface area contributed by atoms with Gasteiger partial charge in [-0.25, -0.2) is 17.9 Å². The highest BCUT2D eigenvalue weighted by Gasteiger charge is 2.32. The van der Waals surface area contributed by atoms with Crippen molar-refractivity contribution in [3.8, 4) is 0 Å². The number of rotatable bonds is 4. The summed E-state index contributed by atoms with van der Waals surface area (Å²) >= 11 is 0. The van der Waals surface area contributed by atoms with E-state index in [0.29, 0.717) is 18.4 Å². The van der Waals surface area contributed by atoms with Gasteiger partial charge in [-0.3, -0.25) is 4.79 Å². The van der Waals surface area contributed by atoms with Gasteiger partial charge in [-0.05, 0) is 42.9 Å². The molecule has 0 heterocycles. The molecule has 5 nitrogen and oxygen atoms in total. The van der Waals surface area contributed by atoms with Crippen LogP contribution in [0.4, 0.5) is 4.39 Å². The van der Waals surface area contributed by atoms with Crippen molar-refractivity contribution in [2.45, 2.75) is 25.2 Å². The summed E-state index contributed by atoms with van der Waals surface area (Å²) in [7, 11) is -3.97. The van der Waals surface area contributed by atoms with Crippen molar-refractivity contribution in [3.63, 3.8) is 0 Å². The van der Waals surface area contributed by atoms with Crippen molar-refractivity contribution < 1.29 is 17.6 Å². The summed E-state index contributed by atoms with van der Waals surface area (Å²) in [6, 6.07) is 2.09. The Morgan fingerprint density at radius 3 is 2.60 bits per heavy atom. The smallest absolute Gasteiger partial charge is 0.254 e. The largest absolute Gasteiger partial charge is 0.352 e. The number of nitrogens with one attached hydrogen (secondary N) is 1. The molecule has 2 rings (SSSR count). The SMILES string of the molecule is Cc1cc(S(N)(=O)=O)cc(C(=O)NCC2CC2C)c1F. The first kappa shape index (κ1) is 14.9. The molecule has 0 spiro atoms. The Bertz CT molecular complexity index is 658. The van der Waals surface area contributed by atoms with E-state index < -0.39 is 21.7 Å². The van der Waals surface area contributed by atoms with Gasteiger partial charge in [-0.2, -0.15) is 0 Å². The Hall–Kier alpha value is -1.47. The average molecular weight is 300 g/mol.